The second-order valence-electron chi connectivity index (χ2n) is 9.15. The van der Waals surface area contributed by atoms with Crippen LogP contribution in [0.15, 0.2) is 60.4 Å². The number of ketones is 1. The zero-order valence-electron chi connectivity index (χ0n) is 20.6. The lowest BCUT2D eigenvalue weighted by Gasteiger charge is -2.36. The fourth-order valence-corrected chi connectivity index (χ4v) is 4.79. The molecular weight excluding hydrogens is 474 g/mol. The number of benzene rings is 3. The van der Waals surface area contributed by atoms with Crippen LogP contribution in [0.5, 0.6) is 17.2 Å². The Bertz CT molecular complexity index is 1390. The Morgan fingerprint density at radius 3 is 2.51 bits per heavy atom. The van der Waals surface area contributed by atoms with E-state index in [2.05, 4.69) is 9.80 Å². The number of allylic oxidation sites excluding steroid dienone is 1. The number of phenolic OH excluding ortho intramolecular Hbond substituents is 1. The maximum atomic E-state index is 13.2. The molecule has 190 valence electrons. The van der Waals surface area contributed by atoms with E-state index >= 15 is 0 Å². The fourth-order valence-electron chi connectivity index (χ4n) is 4.79. The molecule has 9 nitrogen and oxygen atoms in total. The maximum absolute atomic E-state index is 13.2. The van der Waals surface area contributed by atoms with Gasteiger partial charge in [-0.3, -0.25) is 19.8 Å². The molecule has 0 spiro atoms. The molecule has 2 heterocycles. The van der Waals surface area contributed by atoms with Gasteiger partial charge in [-0.1, -0.05) is 12.1 Å². The number of aryl methyl sites for hydroxylation is 1. The van der Waals surface area contributed by atoms with Gasteiger partial charge < -0.3 is 19.5 Å². The van der Waals surface area contributed by atoms with Crippen LogP contribution in [0.1, 0.15) is 27.0 Å². The lowest BCUT2D eigenvalue weighted by Crippen LogP contribution is -2.46. The fraction of sp³-hybridized carbons (Fsp3) is 0.250. The van der Waals surface area contributed by atoms with Crippen molar-refractivity contribution < 1.29 is 24.3 Å². The average Bonchev–Trinajstić information content (AvgIpc) is 3.23. The normalized spacial score (nSPS) is 16.5. The molecule has 1 N–H and O–H groups in total. The number of non-ortho nitro benzene ring substituents is 1. The second kappa shape index (κ2) is 9.94. The Hall–Kier alpha value is -4.37. The molecule has 0 aromatic heterocycles. The van der Waals surface area contributed by atoms with E-state index in [1.807, 2.05) is 24.3 Å². The lowest BCUT2D eigenvalue weighted by molar-refractivity contribution is -0.384. The number of nitrogens with zero attached hydrogens (tertiary/aromatic N) is 3. The van der Waals surface area contributed by atoms with Crippen LogP contribution >= 0.6 is 0 Å². The van der Waals surface area contributed by atoms with Gasteiger partial charge in [0.2, 0.25) is 5.78 Å². The highest BCUT2D eigenvalue weighted by Crippen LogP contribution is 2.42. The third-order valence-corrected chi connectivity index (χ3v) is 6.79. The summed E-state index contributed by atoms with van der Waals surface area (Å²) in [5, 5.41) is 21.9. The lowest BCUT2D eigenvalue weighted by atomic mass is 9.99. The van der Waals surface area contributed by atoms with Gasteiger partial charge in [-0.2, -0.15) is 0 Å². The molecular formula is C28H27N3O6. The van der Waals surface area contributed by atoms with Crippen molar-refractivity contribution >= 4 is 23.2 Å². The Labute approximate surface area is 214 Å². The van der Waals surface area contributed by atoms with E-state index < -0.39 is 4.92 Å². The Morgan fingerprint density at radius 2 is 1.84 bits per heavy atom. The van der Waals surface area contributed by atoms with Crippen molar-refractivity contribution in [3.05, 3.63) is 92.7 Å². The molecule has 2 aliphatic rings. The van der Waals surface area contributed by atoms with Crippen molar-refractivity contribution in [1.82, 2.24) is 4.90 Å². The molecule has 5 rings (SSSR count). The first kappa shape index (κ1) is 24.3. The van der Waals surface area contributed by atoms with Crippen molar-refractivity contribution in [2.75, 3.05) is 38.2 Å². The molecule has 3 aromatic rings. The Kier molecular flexibility index (Phi) is 6.54. The zero-order chi connectivity index (χ0) is 26.1. The van der Waals surface area contributed by atoms with Crippen LogP contribution in [0.4, 0.5) is 11.4 Å². The SMILES string of the molecule is COc1ccc(N2CCN(Cc3c(O)cc(C)c4c3O/C(=C\c3cccc([N+](=O)[O-])c3)C4=O)CC2)cc1. The molecule has 0 amide bonds. The van der Waals surface area contributed by atoms with Gasteiger partial charge in [-0.15, -0.1) is 0 Å². The van der Waals surface area contributed by atoms with Gasteiger partial charge in [-0.25, -0.2) is 0 Å². The standard InChI is InChI=1S/C28H27N3O6/c1-18-14-24(32)23(17-29-10-12-30(13-11-29)20-6-8-22(36-2)9-7-20)28-26(18)27(33)25(37-28)16-19-4-3-5-21(15-19)31(34)35/h3-9,14-16,32H,10-13,17H2,1-2H3/b25-16-. The van der Waals surface area contributed by atoms with E-state index in [4.69, 9.17) is 9.47 Å². The number of aromatic hydroxyl groups is 1. The maximum Gasteiger partial charge on any atom is 0.270 e. The number of carbonyl (C=O) groups excluding carboxylic acids is 1. The van der Waals surface area contributed by atoms with Crippen LogP contribution in [0.3, 0.4) is 0 Å². The molecule has 1 saturated heterocycles. The van der Waals surface area contributed by atoms with Crippen molar-refractivity contribution in [1.29, 1.82) is 0 Å². The smallest absolute Gasteiger partial charge is 0.270 e. The van der Waals surface area contributed by atoms with E-state index in [0.29, 0.717) is 34.5 Å². The molecule has 9 heteroatoms. The number of piperazine rings is 1. The molecule has 0 radical (unpaired) electrons. The summed E-state index contributed by atoms with van der Waals surface area (Å²) in [4.78, 5) is 28.4. The number of methoxy groups -OCH3 is 1. The highest BCUT2D eigenvalue weighted by atomic mass is 16.6. The first-order valence-corrected chi connectivity index (χ1v) is 12.0. The van der Waals surface area contributed by atoms with E-state index in [1.54, 1.807) is 32.2 Å². The highest BCUT2D eigenvalue weighted by Gasteiger charge is 2.34. The van der Waals surface area contributed by atoms with Gasteiger partial charge in [0.15, 0.2) is 5.76 Å². The topological polar surface area (TPSA) is 105 Å². The highest BCUT2D eigenvalue weighted by molar-refractivity contribution is 6.15. The molecule has 2 aliphatic heterocycles. The van der Waals surface area contributed by atoms with Gasteiger partial charge in [0, 0.05) is 50.5 Å². The second-order valence-corrected chi connectivity index (χ2v) is 9.15. The number of anilines is 1. The number of hydrogen-bond donors (Lipinski definition) is 1. The number of Topliss-reactive ketones (excluding diaryl/α,β-unsaturated/α-hetero) is 1. The van der Waals surface area contributed by atoms with Crippen molar-refractivity contribution in [2.45, 2.75) is 13.5 Å². The van der Waals surface area contributed by atoms with Gasteiger partial charge in [0.25, 0.3) is 5.69 Å². The van der Waals surface area contributed by atoms with Gasteiger partial charge in [0.1, 0.15) is 17.2 Å². The van der Waals surface area contributed by atoms with Crippen molar-refractivity contribution in [3.63, 3.8) is 0 Å². The Morgan fingerprint density at radius 1 is 1.11 bits per heavy atom. The van der Waals surface area contributed by atoms with Gasteiger partial charge >= 0.3 is 0 Å². The molecule has 0 aliphatic carbocycles. The molecule has 0 bridgehead atoms. The van der Waals surface area contributed by atoms with Crippen LogP contribution in [0, 0.1) is 17.0 Å². The summed E-state index contributed by atoms with van der Waals surface area (Å²) in [7, 11) is 1.65. The number of phenols is 1. The average molecular weight is 502 g/mol. The van der Waals surface area contributed by atoms with Crippen LogP contribution in [0.25, 0.3) is 6.08 Å². The predicted molar refractivity (Wildman–Crippen MR) is 139 cm³/mol. The van der Waals surface area contributed by atoms with Crippen LogP contribution in [-0.4, -0.2) is 54.0 Å². The summed E-state index contributed by atoms with van der Waals surface area (Å²) in [5.74, 6) is 1.04. The van der Waals surface area contributed by atoms with Gasteiger partial charge in [-0.05, 0) is 54.5 Å². The first-order chi connectivity index (χ1) is 17.8. The molecule has 0 unspecified atom stereocenters. The predicted octanol–water partition coefficient (Wildman–Crippen LogP) is 4.56. The number of rotatable bonds is 6. The van der Waals surface area contributed by atoms with E-state index in [9.17, 15) is 20.0 Å². The van der Waals surface area contributed by atoms with Gasteiger partial charge in [0.05, 0.1) is 23.2 Å². The summed E-state index contributed by atoms with van der Waals surface area (Å²) in [6.45, 7) is 5.38. The third kappa shape index (κ3) is 4.85. The number of nitro benzene ring substituents is 1. The van der Waals surface area contributed by atoms with Crippen LogP contribution < -0.4 is 14.4 Å². The minimum absolute atomic E-state index is 0.0689. The van der Waals surface area contributed by atoms with Crippen LogP contribution in [-0.2, 0) is 6.54 Å². The molecule has 1 fully saturated rings. The molecule has 3 aromatic carbocycles. The Balaban J connectivity index is 1.34. The molecule has 0 saturated carbocycles. The number of nitro groups is 1. The third-order valence-electron chi connectivity index (χ3n) is 6.79. The summed E-state index contributed by atoms with van der Waals surface area (Å²) in [6.07, 6.45) is 1.50. The molecule has 0 atom stereocenters. The first-order valence-electron chi connectivity index (χ1n) is 12.0. The largest absolute Gasteiger partial charge is 0.507 e. The van der Waals surface area contributed by atoms with E-state index in [0.717, 1.165) is 37.6 Å². The van der Waals surface area contributed by atoms with Crippen LogP contribution in [0.2, 0.25) is 0 Å². The number of hydrogen-bond acceptors (Lipinski definition) is 8. The summed E-state index contributed by atoms with van der Waals surface area (Å²) < 4.78 is 11.2. The molecule has 37 heavy (non-hydrogen) atoms. The van der Waals surface area contributed by atoms with E-state index in [1.165, 1.54) is 18.2 Å². The number of carbonyl (C=O) groups is 1. The van der Waals surface area contributed by atoms with Crippen molar-refractivity contribution in [2.24, 2.45) is 0 Å². The number of fused-ring (bicyclic) bond motifs is 1. The quantitative estimate of drug-likeness (QED) is 0.298. The minimum atomic E-state index is -0.483. The van der Waals surface area contributed by atoms with E-state index in [-0.39, 0.29) is 23.0 Å². The zero-order valence-corrected chi connectivity index (χ0v) is 20.6. The van der Waals surface area contributed by atoms with Crippen molar-refractivity contribution in [3.8, 4) is 17.2 Å². The summed E-state index contributed by atoms with van der Waals surface area (Å²) in [5.41, 5.74) is 3.15. The minimum Gasteiger partial charge on any atom is -0.507 e. The summed E-state index contributed by atoms with van der Waals surface area (Å²) in [6, 6.07) is 15.6. The monoisotopic (exact) mass is 501 g/mol. The number of ether oxygens (including phenoxy) is 2. The summed E-state index contributed by atoms with van der Waals surface area (Å²) >= 11 is 0.